The minimum absolute atomic E-state index is 0.171. The van der Waals surface area contributed by atoms with Crippen LogP contribution in [-0.2, 0) is 16.0 Å². The number of hydrogen-bond donors (Lipinski definition) is 2. The maximum Gasteiger partial charge on any atom is 0.309 e. The lowest BCUT2D eigenvalue weighted by Gasteiger charge is -2.29. The number of amides is 2. The molecule has 3 rings (SSSR count). The van der Waals surface area contributed by atoms with Crippen molar-refractivity contribution < 1.29 is 14.0 Å². The summed E-state index contributed by atoms with van der Waals surface area (Å²) in [5.41, 5.74) is 2.41. The summed E-state index contributed by atoms with van der Waals surface area (Å²) in [6, 6.07) is 11.7. The van der Waals surface area contributed by atoms with Crippen molar-refractivity contribution in [3.63, 3.8) is 0 Å². The Kier molecular flexibility index (Phi) is 5.18. The van der Waals surface area contributed by atoms with Crippen LogP contribution in [0.15, 0.2) is 59.7 Å². The second kappa shape index (κ2) is 7.70. The standard InChI is InChI=1S/C19H21N3O3/c1-2-10-20-18(23)19(24)21-13-16(17-8-5-12-25-17)22-11-9-14-6-3-4-7-15(14)22/h2-8,12,16H,1,9-11,13H2,(H,20,23)(H,21,24)/t16-/m1/s1. The van der Waals surface area contributed by atoms with Crippen molar-refractivity contribution in [2.45, 2.75) is 12.5 Å². The first-order valence-electron chi connectivity index (χ1n) is 8.25. The number of nitrogens with one attached hydrogen (secondary N) is 2. The van der Waals surface area contributed by atoms with E-state index >= 15 is 0 Å². The molecule has 0 bridgehead atoms. The van der Waals surface area contributed by atoms with Gasteiger partial charge in [-0.15, -0.1) is 6.58 Å². The van der Waals surface area contributed by atoms with E-state index in [1.54, 1.807) is 6.26 Å². The van der Waals surface area contributed by atoms with Crippen LogP contribution in [0.5, 0.6) is 0 Å². The smallest absolute Gasteiger partial charge is 0.309 e. The summed E-state index contributed by atoms with van der Waals surface area (Å²) in [5, 5.41) is 5.17. The monoisotopic (exact) mass is 339 g/mol. The van der Waals surface area contributed by atoms with Crippen molar-refractivity contribution in [2.24, 2.45) is 0 Å². The third kappa shape index (κ3) is 3.74. The molecule has 0 radical (unpaired) electrons. The Bertz CT molecular complexity index is 755. The van der Waals surface area contributed by atoms with Gasteiger partial charge >= 0.3 is 11.8 Å². The van der Waals surface area contributed by atoms with Crippen molar-refractivity contribution in [1.29, 1.82) is 0 Å². The molecule has 0 aliphatic carbocycles. The van der Waals surface area contributed by atoms with Gasteiger partial charge in [0.15, 0.2) is 0 Å². The van der Waals surface area contributed by atoms with Crippen LogP contribution in [0.2, 0.25) is 0 Å². The third-order valence-corrected chi connectivity index (χ3v) is 4.24. The van der Waals surface area contributed by atoms with Gasteiger partial charge in [0, 0.05) is 25.3 Å². The molecule has 6 nitrogen and oxygen atoms in total. The third-order valence-electron chi connectivity index (χ3n) is 4.24. The zero-order chi connectivity index (χ0) is 17.6. The van der Waals surface area contributed by atoms with Gasteiger partial charge in [0.05, 0.1) is 6.26 Å². The quantitative estimate of drug-likeness (QED) is 0.622. The number of benzene rings is 1. The van der Waals surface area contributed by atoms with Gasteiger partial charge in [-0.05, 0) is 30.2 Å². The molecule has 1 atom stereocenters. The number of carbonyl (C=O) groups is 2. The molecule has 0 saturated carbocycles. The van der Waals surface area contributed by atoms with E-state index in [9.17, 15) is 9.59 Å². The molecule has 2 N–H and O–H groups in total. The van der Waals surface area contributed by atoms with Gasteiger partial charge in [0.2, 0.25) is 0 Å². The topological polar surface area (TPSA) is 74.6 Å². The van der Waals surface area contributed by atoms with Gasteiger partial charge in [-0.25, -0.2) is 0 Å². The Morgan fingerprint density at radius 2 is 2.00 bits per heavy atom. The number of nitrogens with zero attached hydrogens (tertiary/aromatic N) is 1. The van der Waals surface area contributed by atoms with Crippen molar-refractivity contribution >= 4 is 17.5 Å². The summed E-state index contributed by atoms with van der Waals surface area (Å²) in [7, 11) is 0. The van der Waals surface area contributed by atoms with E-state index < -0.39 is 11.8 Å². The van der Waals surface area contributed by atoms with E-state index in [1.807, 2.05) is 24.3 Å². The first kappa shape index (κ1) is 16.8. The fourth-order valence-corrected chi connectivity index (χ4v) is 3.05. The highest BCUT2D eigenvalue weighted by molar-refractivity contribution is 6.35. The molecule has 1 aliphatic rings. The summed E-state index contributed by atoms with van der Waals surface area (Å²) >= 11 is 0. The zero-order valence-electron chi connectivity index (χ0n) is 13.9. The van der Waals surface area contributed by atoms with Crippen LogP contribution in [0, 0.1) is 0 Å². The molecule has 2 heterocycles. The Hall–Kier alpha value is -3.02. The molecule has 0 saturated heterocycles. The number of furan rings is 1. The van der Waals surface area contributed by atoms with Crippen LogP contribution in [0.1, 0.15) is 17.4 Å². The summed E-state index contributed by atoms with van der Waals surface area (Å²) < 4.78 is 5.57. The molecule has 0 unspecified atom stereocenters. The lowest BCUT2D eigenvalue weighted by Crippen LogP contribution is -2.44. The van der Waals surface area contributed by atoms with Gasteiger partial charge in [-0.1, -0.05) is 24.3 Å². The number of para-hydroxylation sites is 1. The second-order valence-electron chi connectivity index (χ2n) is 5.81. The van der Waals surface area contributed by atoms with Crippen LogP contribution in [0.3, 0.4) is 0 Å². The van der Waals surface area contributed by atoms with Crippen LogP contribution in [-0.4, -0.2) is 31.4 Å². The molecule has 2 aromatic rings. The number of rotatable bonds is 6. The lowest BCUT2D eigenvalue weighted by atomic mass is 10.1. The predicted molar refractivity (Wildman–Crippen MR) is 95.2 cm³/mol. The fraction of sp³-hybridized carbons (Fsp3) is 0.263. The molecule has 25 heavy (non-hydrogen) atoms. The molecule has 0 spiro atoms. The van der Waals surface area contributed by atoms with Gasteiger partial charge in [-0.3, -0.25) is 9.59 Å². The predicted octanol–water partition coefficient (Wildman–Crippen LogP) is 1.80. The van der Waals surface area contributed by atoms with E-state index in [1.165, 1.54) is 11.6 Å². The van der Waals surface area contributed by atoms with Crippen molar-refractivity contribution in [2.75, 3.05) is 24.5 Å². The normalized spacial score (nSPS) is 13.8. The van der Waals surface area contributed by atoms with E-state index in [-0.39, 0.29) is 19.1 Å². The average Bonchev–Trinajstić information content (AvgIpc) is 3.30. The van der Waals surface area contributed by atoms with Gasteiger partial charge in [0.25, 0.3) is 0 Å². The summed E-state index contributed by atoms with van der Waals surface area (Å²) in [6.45, 7) is 4.88. The van der Waals surface area contributed by atoms with Crippen LogP contribution >= 0.6 is 0 Å². The first-order chi connectivity index (χ1) is 12.2. The average molecular weight is 339 g/mol. The van der Waals surface area contributed by atoms with Crippen molar-refractivity contribution in [3.8, 4) is 0 Å². The number of fused-ring (bicyclic) bond motifs is 1. The maximum atomic E-state index is 12.0. The molecule has 1 aliphatic heterocycles. The summed E-state index contributed by atoms with van der Waals surface area (Å²) in [6.07, 6.45) is 4.09. The highest BCUT2D eigenvalue weighted by Gasteiger charge is 2.29. The Morgan fingerprint density at radius 3 is 2.76 bits per heavy atom. The number of carbonyl (C=O) groups excluding carboxylic acids is 2. The summed E-state index contributed by atoms with van der Waals surface area (Å²) in [4.78, 5) is 25.9. The Balaban J connectivity index is 1.73. The maximum absolute atomic E-state index is 12.0. The van der Waals surface area contributed by atoms with E-state index in [2.05, 4.69) is 34.2 Å². The van der Waals surface area contributed by atoms with Crippen LogP contribution in [0.25, 0.3) is 0 Å². The summed E-state index contributed by atoms with van der Waals surface area (Å²) in [5.74, 6) is -0.575. The Morgan fingerprint density at radius 1 is 1.20 bits per heavy atom. The number of anilines is 1. The van der Waals surface area contributed by atoms with Gasteiger partial charge in [-0.2, -0.15) is 0 Å². The highest BCUT2D eigenvalue weighted by atomic mass is 16.3. The van der Waals surface area contributed by atoms with Crippen LogP contribution < -0.4 is 15.5 Å². The zero-order valence-corrected chi connectivity index (χ0v) is 13.9. The second-order valence-corrected chi connectivity index (χ2v) is 5.81. The molecule has 1 aromatic carbocycles. The molecular weight excluding hydrogens is 318 g/mol. The largest absolute Gasteiger partial charge is 0.467 e. The van der Waals surface area contributed by atoms with Crippen molar-refractivity contribution in [1.82, 2.24) is 10.6 Å². The first-order valence-corrected chi connectivity index (χ1v) is 8.25. The minimum Gasteiger partial charge on any atom is -0.467 e. The van der Waals surface area contributed by atoms with E-state index in [4.69, 9.17) is 4.42 Å². The molecule has 130 valence electrons. The fourth-order valence-electron chi connectivity index (χ4n) is 3.05. The van der Waals surface area contributed by atoms with E-state index in [0.29, 0.717) is 0 Å². The molecule has 6 heteroatoms. The molecule has 2 amide bonds. The molecular formula is C19H21N3O3. The van der Waals surface area contributed by atoms with Gasteiger partial charge in [0.1, 0.15) is 11.8 Å². The SMILES string of the molecule is C=CCNC(=O)C(=O)NC[C@H](c1ccco1)N1CCc2ccccc21. The molecule has 0 fully saturated rings. The van der Waals surface area contributed by atoms with E-state index in [0.717, 1.165) is 24.4 Å². The minimum atomic E-state index is -0.667. The lowest BCUT2D eigenvalue weighted by molar-refractivity contribution is -0.139. The Labute approximate surface area is 146 Å². The number of hydrogen-bond acceptors (Lipinski definition) is 4. The molecule has 1 aromatic heterocycles. The van der Waals surface area contributed by atoms with Crippen LogP contribution in [0.4, 0.5) is 5.69 Å². The van der Waals surface area contributed by atoms with Gasteiger partial charge < -0.3 is 20.0 Å². The van der Waals surface area contributed by atoms with Crippen molar-refractivity contribution in [3.05, 3.63) is 66.6 Å². The highest BCUT2D eigenvalue weighted by Crippen LogP contribution is 2.34.